The quantitative estimate of drug-likeness (QED) is 0.404. The number of halogens is 1. The first-order chi connectivity index (χ1) is 15.1. The molecule has 3 heterocycles. The van der Waals surface area contributed by atoms with Crippen LogP contribution >= 0.6 is 27.7 Å². The number of benzene rings is 2. The van der Waals surface area contributed by atoms with Gasteiger partial charge < -0.3 is 10.6 Å². The molecule has 1 atom stereocenters. The van der Waals surface area contributed by atoms with E-state index in [1.165, 1.54) is 4.90 Å². The van der Waals surface area contributed by atoms with E-state index in [-0.39, 0.29) is 11.9 Å². The fourth-order valence-electron chi connectivity index (χ4n) is 3.79. The molecule has 1 saturated heterocycles. The minimum Gasteiger partial charge on any atom is -0.354 e. The summed E-state index contributed by atoms with van der Waals surface area (Å²) < 4.78 is 2.58. The molecule has 0 aliphatic carbocycles. The number of thioether (sulfide) groups is 1. The van der Waals surface area contributed by atoms with Crippen molar-refractivity contribution in [2.75, 3.05) is 18.1 Å². The Morgan fingerprint density at radius 3 is 2.81 bits per heavy atom. The zero-order valence-electron chi connectivity index (χ0n) is 16.9. The molecule has 0 bridgehead atoms. The highest BCUT2D eigenvalue weighted by Crippen LogP contribution is 2.29. The molecule has 0 radical (unpaired) electrons. The van der Waals surface area contributed by atoms with Gasteiger partial charge in [0.05, 0.1) is 5.52 Å². The second kappa shape index (κ2) is 8.47. The summed E-state index contributed by atoms with van der Waals surface area (Å²) >= 11 is 5.30. The van der Waals surface area contributed by atoms with E-state index in [0.29, 0.717) is 24.0 Å². The Labute approximate surface area is 192 Å². The van der Waals surface area contributed by atoms with E-state index < -0.39 is 0 Å². The lowest BCUT2D eigenvalue weighted by Gasteiger charge is -2.17. The number of fused-ring (bicyclic) bond motifs is 3. The number of para-hydroxylation sites is 1. The van der Waals surface area contributed by atoms with Crippen LogP contribution in [0.5, 0.6) is 0 Å². The largest absolute Gasteiger partial charge is 0.354 e. The summed E-state index contributed by atoms with van der Waals surface area (Å²) in [7, 11) is 0. The highest BCUT2D eigenvalue weighted by Gasteiger charge is 2.23. The normalized spacial score (nSPS) is 17.0. The molecule has 4 aromatic rings. The van der Waals surface area contributed by atoms with Crippen LogP contribution in [0.15, 0.2) is 51.8 Å². The third-order valence-corrected chi connectivity index (χ3v) is 6.82. The predicted molar refractivity (Wildman–Crippen MR) is 127 cm³/mol. The van der Waals surface area contributed by atoms with Gasteiger partial charge >= 0.3 is 0 Å². The highest BCUT2D eigenvalue weighted by atomic mass is 79.9. The van der Waals surface area contributed by atoms with Crippen molar-refractivity contribution in [2.24, 2.45) is 0 Å². The lowest BCUT2D eigenvalue weighted by atomic mass is 10.1. The number of rotatable bonds is 4. The van der Waals surface area contributed by atoms with Crippen LogP contribution in [0.25, 0.3) is 27.9 Å². The minimum atomic E-state index is -0.355. The summed E-state index contributed by atoms with van der Waals surface area (Å²) in [6, 6.07) is 13.7. The van der Waals surface area contributed by atoms with Crippen molar-refractivity contribution < 1.29 is 4.79 Å². The van der Waals surface area contributed by atoms with Crippen molar-refractivity contribution >= 4 is 56.1 Å². The minimum absolute atomic E-state index is 0.00679. The number of anilines is 1. The van der Waals surface area contributed by atoms with Gasteiger partial charge in [-0.3, -0.25) is 4.79 Å². The van der Waals surface area contributed by atoms with Gasteiger partial charge in [0.1, 0.15) is 6.04 Å². The van der Waals surface area contributed by atoms with Crippen LogP contribution in [-0.4, -0.2) is 44.3 Å². The maximum Gasteiger partial charge on any atom is 0.242 e. The average molecular weight is 497 g/mol. The standard InChI is InChI=1S/C22H21BrN6OS/c1-31-14-10-8-13(9-11-14)19-27-20-15-5-4-6-16(23)18(15)26-22(29(20)28-19)25-17-7-2-3-12-24-21(17)30/h4-6,8-11,17H,2-3,7,12H2,1H3,(H,24,30)(H,25,26). The van der Waals surface area contributed by atoms with Gasteiger partial charge in [-0.1, -0.05) is 18.2 Å². The number of aromatic nitrogens is 4. The van der Waals surface area contributed by atoms with Gasteiger partial charge in [-0.15, -0.1) is 16.9 Å². The molecule has 31 heavy (non-hydrogen) atoms. The smallest absolute Gasteiger partial charge is 0.242 e. The monoisotopic (exact) mass is 496 g/mol. The molecule has 9 heteroatoms. The van der Waals surface area contributed by atoms with E-state index >= 15 is 0 Å². The Kier molecular flexibility index (Phi) is 5.54. The van der Waals surface area contributed by atoms with Crippen LogP contribution in [0.2, 0.25) is 0 Å². The fraction of sp³-hybridized carbons (Fsp3) is 0.273. The molecule has 2 aromatic heterocycles. The van der Waals surface area contributed by atoms with Crippen molar-refractivity contribution in [3.63, 3.8) is 0 Å². The molecular weight excluding hydrogens is 476 g/mol. The van der Waals surface area contributed by atoms with Crippen LogP contribution in [0, 0.1) is 0 Å². The third kappa shape index (κ3) is 3.87. The van der Waals surface area contributed by atoms with Crippen LogP contribution in [-0.2, 0) is 4.79 Å². The Morgan fingerprint density at radius 1 is 1.16 bits per heavy atom. The molecule has 2 N–H and O–H groups in total. The SMILES string of the molecule is CSc1ccc(-c2nc3c4cccc(Br)c4nc(NC4CCCCNC4=O)n3n2)cc1. The Morgan fingerprint density at radius 2 is 2.00 bits per heavy atom. The van der Waals surface area contributed by atoms with E-state index in [2.05, 4.69) is 45.0 Å². The van der Waals surface area contributed by atoms with Gasteiger partial charge in [0, 0.05) is 26.9 Å². The predicted octanol–water partition coefficient (Wildman–Crippen LogP) is 4.51. The van der Waals surface area contributed by atoms with Gasteiger partial charge in [0.15, 0.2) is 11.5 Å². The van der Waals surface area contributed by atoms with Gasteiger partial charge in [-0.25, -0.2) is 9.97 Å². The highest BCUT2D eigenvalue weighted by molar-refractivity contribution is 9.10. The topological polar surface area (TPSA) is 84.2 Å². The molecule has 1 amide bonds. The number of amides is 1. The van der Waals surface area contributed by atoms with Crippen molar-refractivity contribution in [2.45, 2.75) is 30.2 Å². The number of hydrogen-bond donors (Lipinski definition) is 2. The van der Waals surface area contributed by atoms with Crippen LogP contribution in [0.4, 0.5) is 5.95 Å². The molecule has 158 valence electrons. The second-order valence-electron chi connectivity index (χ2n) is 7.45. The van der Waals surface area contributed by atoms with Gasteiger partial charge in [-0.2, -0.15) is 4.52 Å². The van der Waals surface area contributed by atoms with Crippen molar-refractivity contribution in [1.29, 1.82) is 0 Å². The number of hydrogen-bond acceptors (Lipinski definition) is 6. The maximum atomic E-state index is 12.5. The Balaban J connectivity index is 1.66. The first-order valence-electron chi connectivity index (χ1n) is 10.2. The lowest BCUT2D eigenvalue weighted by Crippen LogP contribution is -2.38. The third-order valence-electron chi connectivity index (χ3n) is 5.44. The van der Waals surface area contributed by atoms with Gasteiger partial charge in [0.2, 0.25) is 11.9 Å². The van der Waals surface area contributed by atoms with E-state index in [4.69, 9.17) is 15.1 Å². The number of carbonyl (C=O) groups is 1. The van der Waals surface area contributed by atoms with Gasteiger partial charge in [0.25, 0.3) is 0 Å². The maximum absolute atomic E-state index is 12.5. The molecule has 5 rings (SSSR count). The summed E-state index contributed by atoms with van der Waals surface area (Å²) in [6.45, 7) is 0.711. The Hall–Kier alpha value is -2.65. The summed E-state index contributed by atoms with van der Waals surface area (Å²) in [4.78, 5) is 23.4. The number of nitrogens with one attached hydrogen (secondary N) is 2. The zero-order valence-corrected chi connectivity index (χ0v) is 19.3. The summed E-state index contributed by atoms with van der Waals surface area (Å²) in [6.07, 6.45) is 4.76. The molecule has 1 aliphatic rings. The zero-order chi connectivity index (χ0) is 21.4. The average Bonchev–Trinajstić information content (AvgIpc) is 3.15. The van der Waals surface area contributed by atoms with Crippen LogP contribution in [0.3, 0.4) is 0 Å². The molecular formula is C22H21BrN6OS. The van der Waals surface area contributed by atoms with Crippen molar-refractivity contribution in [3.05, 3.63) is 46.9 Å². The van der Waals surface area contributed by atoms with Crippen molar-refractivity contribution in [3.8, 4) is 11.4 Å². The summed E-state index contributed by atoms with van der Waals surface area (Å²) in [5.74, 6) is 1.12. The van der Waals surface area contributed by atoms with Crippen LogP contribution < -0.4 is 10.6 Å². The van der Waals surface area contributed by atoms with Gasteiger partial charge in [-0.05, 0) is 65.7 Å². The number of carbonyl (C=O) groups excluding carboxylic acids is 1. The van der Waals surface area contributed by atoms with E-state index in [1.54, 1.807) is 16.3 Å². The lowest BCUT2D eigenvalue weighted by molar-refractivity contribution is -0.121. The summed E-state index contributed by atoms with van der Waals surface area (Å²) in [5.41, 5.74) is 2.41. The van der Waals surface area contributed by atoms with Crippen molar-refractivity contribution in [1.82, 2.24) is 24.9 Å². The molecule has 0 spiro atoms. The first kappa shape index (κ1) is 20.3. The van der Waals surface area contributed by atoms with E-state index in [0.717, 1.165) is 40.2 Å². The molecule has 1 aliphatic heterocycles. The summed E-state index contributed by atoms with van der Waals surface area (Å²) in [5, 5.41) is 11.9. The molecule has 2 aromatic carbocycles. The fourth-order valence-corrected chi connectivity index (χ4v) is 4.65. The first-order valence-corrected chi connectivity index (χ1v) is 12.2. The molecule has 1 fully saturated rings. The number of nitrogens with zero attached hydrogens (tertiary/aromatic N) is 4. The molecule has 0 saturated carbocycles. The van der Waals surface area contributed by atoms with E-state index in [9.17, 15) is 4.79 Å². The van der Waals surface area contributed by atoms with Crippen LogP contribution in [0.1, 0.15) is 19.3 Å². The Bertz CT molecular complexity index is 1270. The van der Waals surface area contributed by atoms with E-state index in [1.807, 2.05) is 30.3 Å². The second-order valence-corrected chi connectivity index (χ2v) is 9.19. The molecule has 7 nitrogen and oxygen atoms in total. The molecule has 1 unspecified atom stereocenters.